The number of nitrogens with zero attached hydrogens (tertiary/aromatic N) is 4. The quantitative estimate of drug-likeness (QED) is 0.171. The van der Waals surface area contributed by atoms with Gasteiger partial charge in [0, 0.05) is 6.04 Å². The van der Waals surface area contributed by atoms with E-state index in [0.717, 1.165) is 19.3 Å². The van der Waals surface area contributed by atoms with Crippen LogP contribution in [0.2, 0.25) is 0 Å². The average Bonchev–Trinajstić information content (AvgIpc) is 3.44. The lowest BCUT2D eigenvalue weighted by Crippen LogP contribution is -2.37. The molecule has 2 aliphatic rings. The molecule has 0 radical (unpaired) electrons. The molecule has 3 heterocycles. The summed E-state index contributed by atoms with van der Waals surface area (Å²) < 4.78 is 39.2. The van der Waals surface area contributed by atoms with Crippen molar-refractivity contribution in [2.45, 2.75) is 90.3 Å². The van der Waals surface area contributed by atoms with Crippen molar-refractivity contribution in [1.29, 1.82) is 0 Å². The molecule has 228 valence electrons. The summed E-state index contributed by atoms with van der Waals surface area (Å²) in [5, 5.41) is 6.11. The van der Waals surface area contributed by atoms with Crippen LogP contribution >= 0.6 is 7.75 Å². The molecule has 2 fully saturated rings. The van der Waals surface area contributed by atoms with E-state index in [1.165, 1.54) is 0 Å². The maximum atomic E-state index is 13.9. The van der Waals surface area contributed by atoms with E-state index < -0.39 is 25.9 Å². The number of imidazole rings is 1. The number of hydrogen-bond donors (Lipinski definition) is 3. The van der Waals surface area contributed by atoms with Gasteiger partial charge in [-0.2, -0.15) is 15.1 Å². The Morgan fingerprint density at radius 1 is 1.14 bits per heavy atom. The number of hydrogen-bond acceptors (Lipinski definition) is 11. The number of rotatable bonds is 14. The first kappa shape index (κ1) is 30.2. The molecule has 4 N–H and O–H groups in total. The summed E-state index contributed by atoms with van der Waals surface area (Å²) in [5.74, 6) is 0.943. The van der Waals surface area contributed by atoms with Crippen LogP contribution in [0, 0.1) is 5.92 Å². The summed E-state index contributed by atoms with van der Waals surface area (Å²) in [7, 11) is -4.01. The van der Waals surface area contributed by atoms with Gasteiger partial charge in [0.25, 0.3) is 0 Å². The van der Waals surface area contributed by atoms with Crippen molar-refractivity contribution in [3.05, 3.63) is 36.7 Å². The van der Waals surface area contributed by atoms with Crippen molar-refractivity contribution in [2.24, 2.45) is 5.92 Å². The number of nitrogens with one attached hydrogen (secondary N) is 2. The van der Waals surface area contributed by atoms with Crippen LogP contribution in [-0.2, 0) is 23.4 Å². The normalized spacial score (nSPS) is 21.6. The standard InChI is InChI=1S/C28H40N7O6P/c1-17(2)14-18(3)39-27(36)19(4)34-42(37,41-21-8-6-5-7-9-21)38-15-22-12-13-23(40-22)35-16-30-24-25(31-20-10-11-20)32-28(29)33-26(24)35/h5-9,16-20,22-23H,10-15H2,1-4H3,(H,34,37)(H3,29,31,32,33)/t18-,19-,22-,23+,42-/m0/s1. The third-order valence-electron chi connectivity index (χ3n) is 6.98. The van der Waals surface area contributed by atoms with Gasteiger partial charge in [0.1, 0.15) is 18.0 Å². The molecule has 5 atom stereocenters. The molecule has 5 rings (SSSR count). The lowest BCUT2D eigenvalue weighted by Gasteiger charge is -2.25. The number of nitrogen functional groups attached to an aromatic ring is 1. The second kappa shape index (κ2) is 12.9. The fourth-order valence-electron chi connectivity index (χ4n) is 4.87. The molecular weight excluding hydrogens is 561 g/mol. The van der Waals surface area contributed by atoms with Crippen LogP contribution in [0.25, 0.3) is 11.2 Å². The molecule has 2 aromatic heterocycles. The van der Waals surface area contributed by atoms with Gasteiger partial charge in [-0.1, -0.05) is 32.0 Å². The zero-order chi connectivity index (χ0) is 29.9. The highest BCUT2D eigenvalue weighted by Gasteiger charge is 2.36. The summed E-state index contributed by atoms with van der Waals surface area (Å²) >= 11 is 0. The smallest absolute Gasteiger partial charge is 0.459 e. The van der Waals surface area contributed by atoms with E-state index in [1.807, 2.05) is 17.6 Å². The number of carbonyl (C=O) groups is 1. The Balaban J connectivity index is 1.24. The summed E-state index contributed by atoms with van der Waals surface area (Å²) in [5.41, 5.74) is 7.21. The molecule has 14 heteroatoms. The lowest BCUT2D eigenvalue weighted by molar-refractivity contribution is -0.150. The first-order chi connectivity index (χ1) is 20.1. The summed E-state index contributed by atoms with van der Waals surface area (Å²) in [6, 6.07) is 8.10. The summed E-state index contributed by atoms with van der Waals surface area (Å²) in [6.07, 6.45) is 4.81. The third kappa shape index (κ3) is 7.77. The van der Waals surface area contributed by atoms with Gasteiger partial charge in [0.2, 0.25) is 5.95 Å². The molecule has 13 nitrogen and oxygen atoms in total. The fraction of sp³-hybridized carbons (Fsp3) is 0.571. The van der Waals surface area contributed by atoms with Crippen molar-refractivity contribution >= 4 is 36.6 Å². The number of nitrogens with two attached hydrogens (primary N) is 1. The van der Waals surface area contributed by atoms with Crippen molar-refractivity contribution < 1.29 is 27.9 Å². The van der Waals surface area contributed by atoms with E-state index in [4.69, 9.17) is 24.3 Å². The van der Waals surface area contributed by atoms with Gasteiger partial charge in [0.05, 0.1) is 25.1 Å². The van der Waals surface area contributed by atoms with Crippen LogP contribution in [0.4, 0.5) is 11.8 Å². The van der Waals surface area contributed by atoms with Crippen LogP contribution in [0.3, 0.4) is 0 Å². The number of fused-ring (bicyclic) bond motifs is 1. The van der Waals surface area contributed by atoms with Crippen molar-refractivity contribution in [2.75, 3.05) is 17.7 Å². The van der Waals surface area contributed by atoms with Gasteiger partial charge in [0.15, 0.2) is 17.0 Å². The number of anilines is 2. The predicted octanol–water partition coefficient (Wildman–Crippen LogP) is 4.82. The molecule has 1 saturated carbocycles. The molecule has 1 aliphatic heterocycles. The maximum Gasteiger partial charge on any atom is 0.459 e. The molecule has 0 amide bonds. The van der Waals surface area contributed by atoms with E-state index in [2.05, 4.69) is 39.2 Å². The second-order valence-corrected chi connectivity index (χ2v) is 13.1. The minimum atomic E-state index is -4.01. The molecule has 1 aliphatic carbocycles. The van der Waals surface area contributed by atoms with Crippen LogP contribution < -0.4 is 20.7 Å². The highest BCUT2D eigenvalue weighted by atomic mass is 31.2. The van der Waals surface area contributed by atoms with Gasteiger partial charge in [-0.25, -0.2) is 9.55 Å². The van der Waals surface area contributed by atoms with E-state index >= 15 is 0 Å². The minimum Gasteiger partial charge on any atom is -0.461 e. The van der Waals surface area contributed by atoms with Crippen molar-refractivity contribution in [3.63, 3.8) is 0 Å². The SMILES string of the molecule is CC(C)C[C@H](C)OC(=O)[C@H](C)N[P@](=O)(OC[C@@H]1CC[C@H](n2cnc3c(NC4CC4)nc(N)nc32)O1)Oc1ccccc1. The highest BCUT2D eigenvalue weighted by molar-refractivity contribution is 7.52. The lowest BCUT2D eigenvalue weighted by atomic mass is 10.1. The van der Waals surface area contributed by atoms with Crippen LogP contribution in [0.15, 0.2) is 36.7 Å². The predicted molar refractivity (Wildman–Crippen MR) is 158 cm³/mol. The van der Waals surface area contributed by atoms with Gasteiger partial charge in [-0.3, -0.25) is 13.9 Å². The van der Waals surface area contributed by atoms with E-state index in [9.17, 15) is 9.36 Å². The Morgan fingerprint density at radius 3 is 2.62 bits per heavy atom. The molecular formula is C28H40N7O6P. The van der Waals surface area contributed by atoms with Gasteiger partial charge >= 0.3 is 13.7 Å². The van der Waals surface area contributed by atoms with E-state index in [-0.39, 0.29) is 24.9 Å². The van der Waals surface area contributed by atoms with Gasteiger partial charge < -0.3 is 25.0 Å². The monoisotopic (exact) mass is 601 g/mol. The topological polar surface area (TPSA) is 165 Å². The largest absolute Gasteiger partial charge is 0.461 e. The Morgan fingerprint density at radius 2 is 1.90 bits per heavy atom. The first-order valence-corrected chi connectivity index (χ1v) is 16.0. The van der Waals surface area contributed by atoms with Crippen molar-refractivity contribution in [1.82, 2.24) is 24.6 Å². The van der Waals surface area contributed by atoms with Crippen LogP contribution in [0.1, 0.15) is 66.0 Å². The number of aromatic nitrogens is 4. The molecule has 0 unspecified atom stereocenters. The van der Waals surface area contributed by atoms with Crippen LogP contribution in [0.5, 0.6) is 5.75 Å². The minimum absolute atomic E-state index is 0.0304. The fourth-order valence-corrected chi connectivity index (χ4v) is 6.39. The molecule has 0 bridgehead atoms. The zero-order valence-corrected chi connectivity index (χ0v) is 25.3. The summed E-state index contributed by atoms with van der Waals surface area (Å²) in [6.45, 7) is 7.49. The number of benzene rings is 1. The Bertz CT molecular complexity index is 1420. The van der Waals surface area contributed by atoms with E-state index in [1.54, 1.807) is 37.5 Å². The van der Waals surface area contributed by atoms with Crippen LogP contribution in [-0.4, -0.2) is 56.4 Å². The molecule has 0 spiro atoms. The molecule has 1 aromatic carbocycles. The Hall–Kier alpha value is -3.25. The Kier molecular flexibility index (Phi) is 9.32. The second-order valence-electron chi connectivity index (χ2n) is 11.4. The van der Waals surface area contributed by atoms with E-state index in [0.29, 0.717) is 47.5 Å². The Labute approximate surface area is 245 Å². The average molecular weight is 602 g/mol. The maximum absolute atomic E-state index is 13.9. The highest BCUT2D eigenvalue weighted by Crippen LogP contribution is 2.46. The first-order valence-electron chi connectivity index (χ1n) is 14.5. The molecule has 42 heavy (non-hydrogen) atoms. The summed E-state index contributed by atoms with van der Waals surface area (Å²) in [4.78, 5) is 26.0. The molecule has 3 aromatic rings. The number of para-hydroxylation sites is 1. The van der Waals surface area contributed by atoms with Gasteiger partial charge in [-0.05, 0) is 64.0 Å². The third-order valence-corrected chi connectivity index (χ3v) is 8.62. The molecule has 1 saturated heterocycles. The number of ether oxygens (including phenoxy) is 2. The zero-order valence-electron chi connectivity index (χ0n) is 24.4. The van der Waals surface area contributed by atoms with Gasteiger partial charge in [-0.15, -0.1) is 0 Å². The van der Waals surface area contributed by atoms with Crippen molar-refractivity contribution in [3.8, 4) is 5.75 Å². The number of carbonyl (C=O) groups excluding carboxylic acids is 1. The number of esters is 1.